The first-order valence-corrected chi connectivity index (χ1v) is 9.07. The molecule has 7 nitrogen and oxygen atoms in total. The Kier molecular flexibility index (Phi) is 4.30. The summed E-state index contributed by atoms with van der Waals surface area (Å²) in [7, 11) is 3.70. The first-order valence-electron chi connectivity index (χ1n) is 9.07. The summed E-state index contributed by atoms with van der Waals surface area (Å²) in [6.45, 7) is 0.618. The molecular weight excluding hydrogens is 332 g/mol. The van der Waals surface area contributed by atoms with Crippen LogP contribution in [0.4, 0.5) is 5.69 Å². The van der Waals surface area contributed by atoms with Crippen LogP contribution in [0, 0.1) is 11.8 Å². The van der Waals surface area contributed by atoms with Crippen LogP contribution in [0.1, 0.15) is 25.7 Å². The third-order valence-corrected chi connectivity index (χ3v) is 5.81. The van der Waals surface area contributed by atoms with Gasteiger partial charge in [-0.05, 0) is 37.7 Å². The van der Waals surface area contributed by atoms with Gasteiger partial charge in [-0.1, -0.05) is 0 Å². The van der Waals surface area contributed by atoms with E-state index >= 15 is 0 Å². The smallest absolute Gasteiger partial charge is 0.220 e. The van der Waals surface area contributed by atoms with Gasteiger partial charge in [0.15, 0.2) is 5.75 Å². The number of ether oxygens (including phenoxy) is 2. The SMILES string of the molecule is COc1ccc2ncc3c(c2n1)N(C)C(C1CCC(C(N)=O)CC1)CO3. The first kappa shape index (κ1) is 16.9. The van der Waals surface area contributed by atoms with Gasteiger partial charge in [0, 0.05) is 19.0 Å². The van der Waals surface area contributed by atoms with Crippen molar-refractivity contribution in [3.63, 3.8) is 0 Å². The zero-order valence-corrected chi connectivity index (χ0v) is 15.1. The van der Waals surface area contributed by atoms with Crippen LogP contribution in [0.25, 0.3) is 11.0 Å². The van der Waals surface area contributed by atoms with Crippen molar-refractivity contribution in [3.05, 3.63) is 18.3 Å². The number of anilines is 1. The lowest BCUT2D eigenvalue weighted by Crippen LogP contribution is -2.47. The number of primary amides is 1. The summed E-state index contributed by atoms with van der Waals surface area (Å²) in [6, 6.07) is 3.97. The molecule has 1 atom stereocenters. The van der Waals surface area contributed by atoms with Crippen molar-refractivity contribution < 1.29 is 14.3 Å². The average molecular weight is 356 g/mol. The summed E-state index contributed by atoms with van der Waals surface area (Å²) in [6.07, 6.45) is 5.46. The quantitative estimate of drug-likeness (QED) is 0.906. The van der Waals surface area contributed by atoms with E-state index in [1.807, 2.05) is 12.1 Å². The summed E-state index contributed by atoms with van der Waals surface area (Å²) in [5, 5.41) is 0. The van der Waals surface area contributed by atoms with E-state index in [1.165, 1.54) is 0 Å². The fourth-order valence-corrected chi connectivity index (χ4v) is 4.27. The Balaban J connectivity index is 1.64. The Bertz CT molecular complexity index is 828. The van der Waals surface area contributed by atoms with Crippen molar-refractivity contribution >= 4 is 22.6 Å². The molecular formula is C19H24N4O3. The Morgan fingerprint density at radius 2 is 2.08 bits per heavy atom. The number of carbonyl (C=O) groups excluding carboxylic acids is 1. The Morgan fingerprint density at radius 1 is 1.31 bits per heavy atom. The van der Waals surface area contributed by atoms with Crippen LogP contribution in [0.15, 0.2) is 18.3 Å². The number of fused-ring (bicyclic) bond motifs is 3. The van der Waals surface area contributed by atoms with Crippen molar-refractivity contribution in [2.24, 2.45) is 17.6 Å². The minimum absolute atomic E-state index is 0.0179. The standard InChI is InChI=1S/C19H24N4O3/c1-23-14(11-3-5-12(6-4-11)19(20)24)10-26-15-9-21-13-7-8-16(25-2)22-17(13)18(15)23/h7-9,11-12,14H,3-6,10H2,1-2H3,(H2,20,24). The lowest BCUT2D eigenvalue weighted by molar-refractivity contribution is -0.123. The number of hydrogen-bond donors (Lipinski definition) is 1. The molecule has 1 aliphatic heterocycles. The van der Waals surface area contributed by atoms with E-state index in [0.29, 0.717) is 18.4 Å². The fraction of sp³-hybridized carbons (Fsp3) is 0.526. The molecule has 2 aliphatic rings. The van der Waals surface area contributed by atoms with Gasteiger partial charge in [-0.2, -0.15) is 0 Å². The third kappa shape index (κ3) is 2.81. The molecule has 2 aromatic heterocycles. The molecule has 0 bridgehead atoms. The molecule has 2 aromatic rings. The third-order valence-electron chi connectivity index (χ3n) is 5.81. The highest BCUT2D eigenvalue weighted by Crippen LogP contribution is 2.42. The molecule has 4 rings (SSSR count). The van der Waals surface area contributed by atoms with Crippen LogP contribution in [0.5, 0.6) is 11.6 Å². The van der Waals surface area contributed by atoms with E-state index in [-0.39, 0.29) is 17.9 Å². The molecule has 26 heavy (non-hydrogen) atoms. The van der Waals surface area contributed by atoms with Gasteiger partial charge < -0.3 is 20.1 Å². The number of likely N-dealkylation sites (N-methyl/N-ethyl adjacent to an activating group) is 1. The molecule has 1 fully saturated rings. The van der Waals surface area contributed by atoms with Gasteiger partial charge in [0.05, 0.1) is 24.9 Å². The molecule has 2 N–H and O–H groups in total. The highest BCUT2D eigenvalue weighted by molar-refractivity contribution is 5.92. The minimum atomic E-state index is -0.171. The Hall–Kier alpha value is -2.57. The number of nitrogens with two attached hydrogens (primary N) is 1. The number of hydrogen-bond acceptors (Lipinski definition) is 6. The minimum Gasteiger partial charge on any atom is -0.488 e. The van der Waals surface area contributed by atoms with Gasteiger partial charge in [0.25, 0.3) is 0 Å². The predicted octanol–water partition coefficient (Wildman–Crippen LogP) is 2.13. The highest BCUT2D eigenvalue weighted by Gasteiger charge is 2.36. The van der Waals surface area contributed by atoms with E-state index in [4.69, 9.17) is 15.2 Å². The molecule has 3 heterocycles. The van der Waals surface area contributed by atoms with Crippen LogP contribution >= 0.6 is 0 Å². The molecule has 1 saturated carbocycles. The van der Waals surface area contributed by atoms with Crippen molar-refractivity contribution in [2.75, 3.05) is 25.7 Å². The normalized spacial score (nSPS) is 25.5. The van der Waals surface area contributed by atoms with Gasteiger partial charge in [0.2, 0.25) is 11.8 Å². The van der Waals surface area contributed by atoms with Crippen LogP contribution in [0.2, 0.25) is 0 Å². The number of aromatic nitrogens is 2. The zero-order valence-electron chi connectivity index (χ0n) is 15.1. The highest BCUT2D eigenvalue weighted by atomic mass is 16.5. The van der Waals surface area contributed by atoms with Gasteiger partial charge >= 0.3 is 0 Å². The van der Waals surface area contributed by atoms with Crippen molar-refractivity contribution in [2.45, 2.75) is 31.7 Å². The Morgan fingerprint density at radius 3 is 2.77 bits per heavy atom. The second-order valence-electron chi connectivity index (χ2n) is 7.20. The van der Waals surface area contributed by atoms with Crippen LogP contribution < -0.4 is 20.1 Å². The Labute approximate surface area is 152 Å². The summed E-state index contributed by atoms with van der Waals surface area (Å²) in [5.41, 5.74) is 8.04. The summed E-state index contributed by atoms with van der Waals surface area (Å²) >= 11 is 0. The first-order chi connectivity index (χ1) is 12.6. The van der Waals surface area contributed by atoms with E-state index in [1.54, 1.807) is 13.3 Å². The van der Waals surface area contributed by atoms with E-state index in [2.05, 4.69) is 21.9 Å². The fourth-order valence-electron chi connectivity index (χ4n) is 4.27. The largest absolute Gasteiger partial charge is 0.488 e. The lowest BCUT2D eigenvalue weighted by atomic mass is 9.77. The van der Waals surface area contributed by atoms with Crippen molar-refractivity contribution in [1.82, 2.24) is 9.97 Å². The zero-order chi connectivity index (χ0) is 18.3. The van der Waals surface area contributed by atoms with Crippen LogP contribution in [0.3, 0.4) is 0 Å². The number of carbonyl (C=O) groups is 1. The van der Waals surface area contributed by atoms with Crippen molar-refractivity contribution in [1.29, 1.82) is 0 Å². The molecule has 1 aliphatic carbocycles. The molecule has 0 saturated heterocycles. The summed E-state index contributed by atoms with van der Waals surface area (Å²) in [4.78, 5) is 22.8. The van der Waals surface area contributed by atoms with Gasteiger partial charge in [-0.15, -0.1) is 0 Å². The maximum atomic E-state index is 11.4. The molecule has 1 unspecified atom stereocenters. The van der Waals surface area contributed by atoms with Crippen LogP contribution in [-0.2, 0) is 4.79 Å². The second-order valence-corrected chi connectivity index (χ2v) is 7.20. The molecule has 138 valence electrons. The molecule has 7 heteroatoms. The van der Waals surface area contributed by atoms with Gasteiger partial charge in [-0.25, -0.2) is 4.98 Å². The van der Waals surface area contributed by atoms with Gasteiger partial charge in [-0.3, -0.25) is 9.78 Å². The lowest BCUT2D eigenvalue weighted by Gasteiger charge is -2.42. The van der Waals surface area contributed by atoms with E-state index in [0.717, 1.165) is 48.2 Å². The molecule has 0 radical (unpaired) electrons. The maximum absolute atomic E-state index is 11.4. The number of amides is 1. The second kappa shape index (κ2) is 6.63. The summed E-state index contributed by atoms with van der Waals surface area (Å²) < 4.78 is 11.3. The average Bonchev–Trinajstić information content (AvgIpc) is 2.67. The molecule has 1 amide bonds. The van der Waals surface area contributed by atoms with Crippen molar-refractivity contribution in [3.8, 4) is 11.6 Å². The van der Waals surface area contributed by atoms with Crippen LogP contribution in [-0.4, -0.2) is 42.7 Å². The topological polar surface area (TPSA) is 90.6 Å². The number of pyridine rings is 2. The predicted molar refractivity (Wildman–Crippen MR) is 98.4 cm³/mol. The molecule has 0 spiro atoms. The van der Waals surface area contributed by atoms with E-state index in [9.17, 15) is 4.79 Å². The van der Waals surface area contributed by atoms with E-state index < -0.39 is 0 Å². The molecule has 0 aromatic carbocycles. The summed E-state index contributed by atoms with van der Waals surface area (Å²) in [5.74, 6) is 1.63. The van der Waals surface area contributed by atoms with Gasteiger partial charge in [0.1, 0.15) is 17.8 Å². The number of nitrogens with zero attached hydrogens (tertiary/aromatic N) is 3. The maximum Gasteiger partial charge on any atom is 0.220 e. The monoisotopic (exact) mass is 356 g/mol. The number of methoxy groups -OCH3 is 1. The number of rotatable bonds is 3.